The largest absolute Gasteiger partial charge is 0.396 e. The highest BCUT2D eigenvalue weighted by atomic mass is 16.5. The number of nitrogens with zero attached hydrogens (tertiary/aromatic N) is 2. The van der Waals surface area contributed by atoms with E-state index in [1.807, 2.05) is 4.57 Å². The zero-order valence-corrected chi connectivity index (χ0v) is 6.58. The van der Waals surface area contributed by atoms with Crippen LogP contribution >= 0.6 is 0 Å². The molecule has 1 aromatic heterocycles. The normalized spacial score (nSPS) is 15.2. The number of anilines is 1. The van der Waals surface area contributed by atoms with Crippen LogP contribution in [0.5, 0.6) is 0 Å². The summed E-state index contributed by atoms with van der Waals surface area (Å²) in [6, 6.07) is 2.08. The van der Waals surface area contributed by atoms with Gasteiger partial charge in [-0.1, -0.05) is 0 Å². The van der Waals surface area contributed by atoms with Crippen molar-refractivity contribution in [1.82, 2.24) is 4.57 Å². The van der Waals surface area contributed by atoms with Gasteiger partial charge >= 0.3 is 0 Å². The second-order valence-corrected chi connectivity index (χ2v) is 2.76. The standard InChI is InChI=1S/C8H9N3O/c9-3-6-7(10)4-11-1-2-12-5-8(6)11/h4H,1-2,5,10H2. The van der Waals surface area contributed by atoms with Crippen LogP contribution in [0, 0.1) is 11.3 Å². The number of aromatic nitrogens is 1. The molecule has 4 nitrogen and oxygen atoms in total. The first-order valence-electron chi connectivity index (χ1n) is 3.78. The second kappa shape index (κ2) is 2.54. The quantitative estimate of drug-likeness (QED) is 0.604. The fraction of sp³-hybridized carbons (Fsp3) is 0.375. The Hall–Kier alpha value is -1.47. The highest BCUT2D eigenvalue weighted by Crippen LogP contribution is 2.21. The Morgan fingerprint density at radius 1 is 1.67 bits per heavy atom. The summed E-state index contributed by atoms with van der Waals surface area (Å²) in [5.74, 6) is 0. The number of nitrogens with two attached hydrogens (primary N) is 1. The van der Waals surface area contributed by atoms with E-state index < -0.39 is 0 Å². The lowest BCUT2D eigenvalue weighted by Crippen LogP contribution is -2.15. The molecule has 1 aliphatic rings. The molecule has 2 rings (SSSR count). The van der Waals surface area contributed by atoms with Gasteiger partial charge in [-0.3, -0.25) is 0 Å². The van der Waals surface area contributed by atoms with E-state index >= 15 is 0 Å². The van der Waals surface area contributed by atoms with Crippen molar-refractivity contribution in [2.24, 2.45) is 0 Å². The van der Waals surface area contributed by atoms with Gasteiger partial charge < -0.3 is 15.0 Å². The maximum Gasteiger partial charge on any atom is 0.103 e. The van der Waals surface area contributed by atoms with Crippen LogP contribution in [0.4, 0.5) is 5.69 Å². The molecule has 4 heteroatoms. The van der Waals surface area contributed by atoms with Crippen molar-refractivity contribution < 1.29 is 4.74 Å². The fourth-order valence-electron chi connectivity index (χ4n) is 1.44. The number of ether oxygens (including phenoxy) is 1. The lowest BCUT2D eigenvalue weighted by Gasteiger charge is -2.15. The van der Waals surface area contributed by atoms with E-state index in [2.05, 4.69) is 6.07 Å². The predicted octanol–water partition coefficient (Wildman–Crippen LogP) is 0.472. The molecule has 0 aliphatic carbocycles. The minimum absolute atomic E-state index is 0.500. The second-order valence-electron chi connectivity index (χ2n) is 2.76. The fourth-order valence-corrected chi connectivity index (χ4v) is 1.44. The first-order valence-corrected chi connectivity index (χ1v) is 3.78. The molecule has 0 unspecified atom stereocenters. The molecule has 2 heterocycles. The Morgan fingerprint density at radius 3 is 3.25 bits per heavy atom. The van der Waals surface area contributed by atoms with Gasteiger partial charge in [0.05, 0.1) is 30.2 Å². The van der Waals surface area contributed by atoms with Crippen molar-refractivity contribution in [2.45, 2.75) is 13.2 Å². The number of hydrogen-bond acceptors (Lipinski definition) is 3. The lowest BCUT2D eigenvalue weighted by molar-refractivity contribution is 0.0848. The molecular weight excluding hydrogens is 154 g/mol. The predicted molar refractivity (Wildman–Crippen MR) is 43.2 cm³/mol. The molecule has 0 radical (unpaired) electrons. The van der Waals surface area contributed by atoms with Crippen LogP contribution in [-0.2, 0) is 17.9 Å². The van der Waals surface area contributed by atoms with E-state index in [-0.39, 0.29) is 0 Å². The topological polar surface area (TPSA) is 64.0 Å². The van der Waals surface area contributed by atoms with Crippen LogP contribution in [0.15, 0.2) is 6.20 Å². The third-order valence-corrected chi connectivity index (χ3v) is 2.05. The summed E-state index contributed by atoms with van der Waals surface area (Å²) in [4.78, 5) is 0. The van der Waals surface area contributed by atoms with Gasteiger partial charge in [0.15, 0.2) is 0 Å². The molecule has 0 bridgehead atoms. The third kappa shape index (κ3) is 0.874. The van der Waals surface area contributed by atoms with Crippen molar-refractivity contribution in [1.29, 1.82) is 5.26 Å². The van der Waals surface area contributed by atoms with Gasteiger partial charge in [-0.15, -0.1) is 0 Å². The maximum absolute atomic E-state index is 8.76. The van der Waals surface area contributed by atoms with Crippen LogP contribution in [0.3, 0.4) is 0 Å². The summed E-state index contributed by atoms with van der Waals surface area (Å²) in [5.41, 5.74) is 7.65. The summed E-state index contributed by atoms with van der Waals surface area (Å²) >= 11 is 0. The smallest absolute Gasteiger partial charge is 0.103 e. The first kappa shape index (κ1) is 7.19. The molecular formula is C8H9N3O. The van der Waals surface area contributed by atoms with E-state index in [4.69, 9.17) is 15.7 Å². The lowest BCUT2D eigenvalue weighted by atomic mass is 10.2. The molecule has 0 fully saturated rings. The molecule has 1 aromatic rings. The summed E-state index contributed by atoms with van der Waals surface area (Å²) in [5, 5.41) is 8.76. The maximum atomic E-state index is 8.76. The number of hydrogen-bond donors (Lipinski definition) is 1. The van der Waals surface area contributed by atoms with E-state index in [9.17, 15) is 0 Å². The number of rotatable bonds is 0. The van der Waals surface area contributed by atoms with Gasteiger partial charge in [0, 0.05) is 12.7 Å². The summed E-state index contributed by atoms with van der Waals surface area (Å²) < 4.78 is 7.21. The minimum atomic E-state index is 0.500. The van der Waals surface area contributed by atoms with Gasteiger partial charge in [-0.05, 0) is 0 Å². The average molecular weight is 163 g/mol. The minimum Gasteiger partial charge on any atom is -0.396 e. The zero-order valence-electron chi connectivity index (χ0n) is 6.58. The summed E-state index contributed by atoms with van der Waals surface area (Å²) in [6.45, 7) is 1.99. The number of fused-ring (bicyclic) bond motifs is 1. The zero-order chi connectivity index (χ0) is 8.55. The molecule has 0 amide bonds. The molecule has 0 saturated carbocycles. The van der Waals surface area contributed by atoms with E-state index in [0.29, 0.717) is 24.5 Å². The van der Waals surface area contributed by atoms with Crippen molar-refractivity contribution in [2.75, 3.05) is 12.3 Å². The van der Waals surface area contributed by atoms with Crippen molar-refractivity contribution in [3.8, 4) is 6.07 Å². The van der Waals surface area contributed by atoms with Crippen LogP contribution in [-0.4, -0.2) is 11.2 Å². The molecule has 0 aromatic carbocycles. The molecule has 0 spiro atoms. The van der Waals surface area contributed by atoms with E-state index in [1.165, 1.54) is 0 Å². The Morgan fingerprint density at radius 2 is 2.50 bits per heavy atom. The third-order valence-electron chi connectivity index (χ3n) is 2.05. The molecule has 62 valence electrons. The van der Waals surface area contributed by atoms with E-state index in [1.54, 1.807) is 6.20 Å². The van der Waals surface area contributed by atoms with Crippen LogP contribution < -0.4 is 5.73 Å². The van der Waals surface area contributed by atoms with E-state index in [0.717, 1.165) is 12.2 Å². The van der Waals surface area contributed by atoms with Crippen LogP contribution in [0.1, 0.15) is 11.3 Å². The monoisotopic (exact) mass is 163 g/mol. The summed E-state index contributed by atoms with van der Waals surface area (Å²) in [6.07, 6.45) is 1.80. The van der Waals surface area contributed by atoms with Crippen molar-refractivity contribution in [3.05, 3.63) is 17.5 Å². The highest BCUT2D eigenvalue weighted by molar-refractivity contribution is 5.57. The SMILES string of the molecule is N#Cc1c(N)cn2c1COCC2. The Balaban J connectivity index is 2.56. The Kier molecular flexibility index (Phi) is 1.52. The number of nitriles is 1. The van der Waals surface area contributed by atoms with Crippen LogP contribution in [0.2, 0.25) is 0 Å². The van der Waals surface area contributed by atoms with Gasteiger partial charge in [0.2, 0.25) is 0 Å². The van der Waals surface area contributed by atoms with Crippen LogP contribution in [0.25, 0.3) is 0 Å². The van der Waals surface area contributed by atoms with Crippen molar-refractivity contribution in [3.63, 3.8) is 0 Å². The van der Waals surface area contributed by atoms with Gasteiger partial charge in [0.25, 0.3) is 0 Å². The Bertz CT molecular complexity index is 348. The average Bonchev–Trinajstić information content (AvgIpc) is 2.40. The Labute approximate surface area is 70.2 Å². The summed E-state index contributed by atoms with van der Waals surface area (Å²) in [7, 11) is 0. The molecule has 0 saturated heterocycles. The van der Waals surface area contributed by atoms with Crippen molar-refractivity contribution >= 4 is 5.69 Å². The van der Waals surface area contributed by atoms with Gasteiger partial charge in [-0.2, -0.15) is 5.26 Å². The molecule has 12 heavy (non-hydrogen) atoms. The highest BCUT2D eigenvalue weighted by Gasteiger charge is 2.16. The molecule has 0 atom stereocenters. The molecule has 2 N–H and O–H groups in total. The first-order chi connectivity index (χ1) is 5.83. The number of nitrogen functional groups attached to an aromatic ring is 1. The molecule has 1 aliphatic heterocycles. The van der Waals surface area contributed by atoms with Gasteiger partial charge in [-0.25, -0.2) is 0 Å². The van der Waals surface area contributed by atoms with Gasteiger partial charge in [0.1, 0.15) is 6.07 Å².